The van der Waals surface area contributed by atoms with E-state index in [9.17, 15) is 4.39 Å². The number of hydrogen-bond donors (Lipinski definition) is 2. The van der Waals surface area contributed by atoms with E-state index in [-0.39, 0.29) is 11.9 Å². The molecule has 0 aliphatic heterocycles. The van der Waals surface area contributed by atoms with E-state index in [1.54, 1.807) is 26.3 Å². The smallest absolute Gasteiger partial charge is 0.191 e. The Morgan fingerprint density at radius 2 is 1.81 bits per heavy atom. The average Bonchev–Trinajstić information content (AvgIpc) is 2.65. The predicted molar refractivity (Wildman–Crippen MR) is 104 cm³/mol. The Kier molecular flexibility index (Phi) is 7.41. The Morgan fingerprint density at radius 1 is 1.12 bits per heavy atom. The molecule has 2 rings (SSSR count). The fourth-order valence-corrected chi connectivity index (χ4v) is 2.71. The molecule has 0 fully saturated rings. The van der Waals surface area contributed by atoms with Crippen LogP contribution in [0.3, 0.4) is 0 Å². The molecule has 0 amide bonds. The monoisotopic (exact) mass is 358 g/mol. The van der Waals surface area contributed by atoms with Crippen LogP contribution in [-0.2, 0) is 6.54 Å². The largest absolute Gasteiger partial charge is 0.496 e. The molecule has 2 aromatic rings. The van der Waals surface area contributed by atoms with Crippen molar-refractivity contribution >= 4 is 5.96 Å². The van der Waals surface area contributed by atoms with Crippen LogP contribution in [0.1, 0.15) is 17.2 Å². The van der Waals surface area contributed by atoms with Crippen molar-refractivity contribution in [3.05, 3.63) is 65.5 Å². The zero-order chi connectivity index (χ0) is 18.9. The van der Waals surface area contributed by atoms with Gasteiger partial charge < -0.3 is 20.3 Å². The molecule has 0 aliphatic rings. The molecular weight excluding hydrogens is 331 g/mol. The van der Waals surface area contributed by atoms with Crippen LogP contribution in [0.15, 0.2) is 53.5 Å². The normalized spacial score (nSPS) is 12.8. The van der Waals surface area contributed by atoms with E-state index >= 15 is 0 Å². The fraction of sp³-hybridized carbons (Fsp3) is 0.350. The summed E-state index contributed by atoms with van der Waals surface area (Å²) in [6.45, 7) is 1.23. The first-order valence-corrected chi connectivity index (χ1v) is 8.53. The number of hydrogen-bond acceptors (Lipinski definition) is 3. The minimum absolute atomic E-state index is 0.121. The fourth-order valence-electron chi connectivity index (χ4n) is 2.71. The van der Waals surface area contributed by atoms with Crippen LogP contribution in [0.25, 0.3) is 0 Å². The molecule has 5 nitrogen and oxygen atoms in total. The average molecular weight is 358 g/mol. The van der Waals surface area contributed by atoms with Crippen molar-refractivity contribution in [2.75, 3.05) is 34.8 Å². The van der Waals surface area contributed by atoms with Gasteiger partial charge in [-0.3, -0.25) is 4.99 Å². The zero-order valence-corrected chi connectivity index (χ0v) is 15.8. The summed E-state index contributed by atoms with van der Waals surface area (Å²) >= 11 is 0. The first kappa shape index (κ1) is 19.7. The number of nitrogens with one attached hydrogen (secondary N) is 2. The number of likely N-dealkylation sites (N-methyl/N-ethyl adjacent to an activating group) is 1. The summed E-state index contributed by atoms with van der Waals surface area (Å²) in [6, 6.07) is 14.6. The molecule has 26 heavy (non-hydrogen) atoms. The highest BCUT2D eigenvalue weighted by molar-refractivity contribution is 5.79. The van der Waals surface area contributed by atoms with Crippen molar-refractivity contribution < 1.29 is 9.13 Å². The molecule has 2 N–H and O–H groups in total. The SMILES string of the molecule is CN=C(NCc1ccc(F)cc1)NCC(c1ccccc1OC)N(C)C. The van der Waals surface area contributed by atoms with Gasteiger partial charge in [0.15, 0.2) is 5.96 Å². The third kappa shape index (κ3) is 5.46. The third-order valence-corrected chi connectivity index (χ3v) is 4.18. The lowest BCUT2D eigenvalue weighted by atomic mass is 10.0. The molecule has 0 bridgehead atoms. The van der Waals surface area contributed by atoms with Crippen LogP contribution >= 0.6 is 0 Å². The summed E-state index contributed by atoms with van der Waals surface area (Å²) in [5.74, 6) is 1.32. The zero-order valence-electron chi connectivity index (χ0n) is 15.8. The second-order valence-corrected chi connectivity index (χ2v) is 6.15. The molecule has 0 radical (unpaired) electrons. The molecule has 0 aliphatic carbocycles. The van der Waals surface area contributed by atoms with Gasteiger partial charge in [0.1, 0.15) is 11.6 Å². The van der Waals surface area contributed by atoms with Gasteiger partial charge in [-0.2, -0.15) is 0 Å². The minimum Gasteiger partial charge on any atom is -0.496 e. The van der Waals surface area contributed by atoms with Crippen molar-refractivity contribution in [1.82, 2.24) is 15.5 Å². The van der Waals surface area contributed by atoms with Gasteiger partial charge in [-0.1, -0.05) is 30.3 Å². The summed E-state index contributed by atoms with van der Waals surface area (Å²) < 4.78 is 18.5. The molecular formula is C20H27FN4O. The van der Waals surface area contributed by atoms with Crippen molar-refractivity contribution in [3.63, 3.8) is 0 Å². The summed E-state index contributed by atoms with van der Waals surface area (Å²) in [4.78, 5) is 6.40. The molecule has 2 aromatic carbocycles. The maximum Gasteiger partial charge on any atom is 0.191 e. The third-order valence-electron chi connectivity index (χ3n) is 4.18. The maximum absolute atomic E-state index is 13.0. The number of nitrogens with zero attached hydrogens (tertiary/aromatic N) is 2. The summed E-state index contributed by atoms with van der Waals surface area (Å²) in [6.07, 6.45) is 0. The molecule has 0 aromatic heterocycles. The Bertz CT molecular complexity index is 716. The molecule has 0 spiro atoms. The Hall–Kier alpha value is -2.60. The number of rotatable bonds is 7. The van der Waals surface area contributed by atoms with Crippen LogP contribution in [0.5, 0.6) is 5.75 Å². The second-order valence-electron chi connectivity index (χ2n) is 6.15. The van der Waals surface area contributed by atoms with Gasteiger partial charge >= 0.3 is 0 Å². The van der Waals surface area contributed by atoms with E-state index in [0.717, 1.165) is 16.9 Å². The maximum atomic E-state index is 13.0. The lowest BCUT2D eigenvalue weighted by molar-refractivity contribution is 0.287. The van der Waals surface area contributed by atoms with E-state index in [1.807, 2.05) is 32.3 Å². The van der Waals surface area contributed by atoms with Crippen LogP contribution in [0.4, 0.5) is 4.39 Å². The van der Waals surface area contributed by atoms with Crippen LogP contribution < -0.4 is 15.4 Å². The molecule has 6 heteroatoms. The van der Waals surface area contributed by atoms with Crippen molar-refractivity contribution in [3.8, 4) is 5.75 Å². The molecule has 0 saturated heterocycles. The number of methoxy groups -OCH3 is 1. The quantitative estimate of drug-likeness (QED) is 0.590. The van der Waals surface area contributed by atoms with Crippen molar-refractivity contribution in [1.29, 1.82) is 0 Å². The molecule has 1 unspecified atom stereocenters. The Labute approximate surface area is 154 Å². The van der Waals surface area contributed by atoms with Gasteiger partial charge in [0.2, 0.25) is 0 Å². The summed E-state index contributed by atoms with van der Waals surface area (Å²) in [5, 5.41) is 6.60. The van der Waals surface area contributed by atoms with Crippen LogP contribution in [0.2, 0.25) is 0 Å². The van der Waals surface area contributed by atoms with E-state index in [4.69, 9.17) is 4.74 Å². The van der Waals surface area contributed by atoms with Gasteiger partial charge in [0, 0.05) is 25.7 Å². The van der Waals surface area contributed by atoms with Gasteiger partial charge in [-0.05, 0) is 37.9 Å². The Balaban J connectivity index is 1.99. The number of para-hydroxylation sites is 1. The topological polar surface area (TPSA) is 48.9 Å². The lowest BCUT2D eigenvalue weighted by Gasteiger charge is -2.27. The molecule has 0 heterocycles. The van der Waals surface area contributed by atoms with Gasteiger partial charge in [-0.25, -0.2) is 4.39 Å². The van der Waals surface area contributed by atoms with Crippen LogP contribution in [-0.4, -0.2) is 45.7 Å². The standard InChI is InChI=1S/C20H27FN4O/c1-22-20(23-13-15-9-11-16(21)12-10-15)24-14-18(25(2)3)17-7-5-6-8-19(17)26-4/h5-12,18H,13-14H2,1-4H3,(H2,22,23,24). The number of guanidine groups is 1. The highest BCUT2D eigenvalue weighted by atomic mass is 19.1. The lowest BCUT2D eigenvalue weighted by Crippen LogP contribution is -2.41. The predicted octanol–water partition coefficient (Wildman–Crippen LogP) is 2.80. The minimum atomic E-state index is -0.234. The molecule has 0 saturated carbocycles. The van der Waals surface area contributed by atoms with Gasteiger partial charge in [-0.15, -0.1) is 0 Å². The highest BCUT2D eigenvalue weighted by Gasteiger charge is 2.18. The van der Waals surface area contributed by atoms with Gasteiger partial charge in [0.05, 0.1) is 13.2 Å². The number of aliphatic imine (C=N–C) groups is 1. The molecule has 140 valence electrons. The summed E-state index contributed by atoms with van der Waals surface area (Å²) in [7, 11) is 7.48. The van der Waals surface area contributed by atoms with E-state index < -0.39 is 0 Å². The summed E-state index contributed by atoms with van der Waals surface area (Å²) in [5.41, 5.74) is 2.10. The highest BCUT2D eigenvalue weighted by Crippen LogP contribution is 2.27. The van der Waals surface area contributed by atoms with E-state index in [2.05, 4.69) is 26.6 Å². The van der Waals surface area contributed by atoms with Crippen molar-refractivity contribution in [2.24, 2.45) is 4.99 Å². The van der Waals surface area contributed by atoms with E-state index in [0.29, 0.717) is 19.0 Å². The number of benzene rings is 2. The Morgan fingerprint density at radius 3 is 2.42 bits per heavy atom. The van der Waals surface area contributed by atoms with Gasteiger partial charge in [0.25, 0.3) is 0 Å². The van der Waals surface area contributed by atoms with Crippen molar-refractivity contribution in [2.45, 2.75) is 12.6 Å². The second kappa shape index (κ2) is 9.77. The first-order valence-electron chi connectivity index (χ1n) is 8.53. The van der Waals surface area contributed by atoms with E-state index in [1.165, 1.54) is 12.1 Å². The number of halogens is 1. The number of ether oxygens (including phenoxy) is 1. The first-order chi connectivity index (χ1) is 12.5. The molecule has 1 atom stereocenters. The van der Waals surface area contributed by atoms with Crippen LogP contribution in [0, 0.1) is 5.82 Å².